The van der Waals surface area contributed by atoms with E-state index in [4.69, 9.17) is 21.6 Å². The normalized spacial score (nSPS) is 26.1. The van der Waals surface area contributed by atoms with Gasteiger partial charge >= 0.3 is 0 Å². The van der Waals surface area contributed by atoms with E-state index in [9.17, 15) is 24.0 Å². The molecule has 0 radical (unpaired) electrons. The van der Waals surface area contributed by atoms with Crippen LogP contribution in [0.2, 0.25) is 5.02 Å². The molecule has 2 aliphatic carbocycles. The first-order valence-corrected chi connectivity index (χ1v) is 20.5. The summed E-state index contributed by atoms with van der Waals surface area (Å²) >= 11 is 6.17. The van der Waals surface area contributed by atoms with Crippen molar-refractivity contribution in [2.75, 3.05) is 24.5 Å². The van der Waals surface area contributed by atoms with Crippen LogP contribution in [-0.4, -0.2) is 77.2 Å². The van der Waals surface area contributed by atoms with Crippen molar-refractivity contribution >= 4 is 46.8 Å². The van der Waals surface area contributed by atoms with E-state index in [-0.39, 0.29) is 42.2 Å². The maximum atomic E-state index is 13.3. The number of hydrogen-bond acceptors (Lipinski definition) is 9. The molecule has 9 rings (SSSR count). The van der Waals surface area contributed by atoms with Crippen LogP contribution in [0.15, 0.2) is 54.6 Å². The number of carbonyl (C=O) groups excluding carboxylic acids is 5. The average molecular weight is 789 g/mol. The van der Waals surface area contributed by atoms with Crippen molar-refractivity contribution in [1.29, 1.82) is 5.26 Å². The maximum absolute atomic E-state index is 13.3. The number of amides is 5. The molecule has 12 nitrogen and oxygen atoms in total. The fourth-order valence-corrected chi connectivity index (χ4v) is 10.2. The second kappa shape index (κ2) is 14.9. The first-order chi connectivity index (χ1) is 27.5. The Labute approximate surface area is 336 Å². The molecule has 13 heteroatoms. The van der Waals surface area contributed by atoms with Crippen LogP contribution in [0.1, 0.15) is 112 Å². The van der Waals surface area contributed by atoms with Crippen molar-refractivity contribution < 1.29 is 28.7 Å². The summed E-state index contributed by atoms with van der Waals surface area (Å²) in [4.78, 5) is 69.7. The number of nitrogens with zero attached hydrogens (tertiary/aromatic N) is 4. The Kier molecular flexibility index (Phi) is 9.77. The number of hydrogen-bond donors (Lipinski definition) is 2. The van der Waals surface area contributed by atoms with Gasteiger partial charge in [-0.05, 0) is 129 Å². The number of anilines is 1. The predicted octanol–water partition coefficient (Wildman–Crippen LogP) is 5.75. The van der Waals surface area contributed by atoms with Gasteiger partial charge < -0.3 is 15.0 Å². The Bertz CT molecular complexity index is 2150. The lowest BCUT2D eigenvalue weighted by molar-refractivity contribution is -0.136. The SMILES string of the molecule is N#Cc1ccc(OC2CC3(CCC(NC(=O)c4ccc(N5CCC(CN6Cc7cc8c(cc7C6)C(=O)N(C6CCC(=O)NC6=O)C8=O)CC5)cc4)CC3)C2)cc1Cl. The molecular formula is C44H45ClN6O6. The van der Waals surface area contributed by atoms with Gasteiger partial charge in [-0.1, -0.05) is 11.6 Å². The van der Waals surface area contributed by atoms with Gasteiger partial charge in [0.25, 0.3) is 17.7 Å². The lowest BCUT2D eigenvalue weighted by atomic mass is 9.58. The predicted molar refractivity (Wildman–Crippen MR) is 211 cm³/mol. The van der Waals surface area contributed by atoms with Crippen molar-refractivity contribution in [3.63, 3.8) is 0 Å². The van der Waals surface area contributed by atoms with Crippen molar-refractivity contribution in [3.8, 4) is 11.8 Å². The highest BCUT2D eigenvalue weighted by Gasteiger charge is 2.48. The molecule has 0 bridgehead atoms. The topological polar surface area (TPSA) is 152 Å². The molecule has 3 aromatic carbocycles. The summed E-state index contributed by atoms with van der Waals surface area (Å²) in [6.07, 6.45) is 8.56. The number of nitriles is 1. The lowest BCUT2D eigenvalue weighted by Gasteiger charge is -2.51. The van der Waals surface area contributed by atoms with E-state index in [1.807, 2.05) is 24.3 Å². The van der Waals surface area contributed by atoms with E-state index < -0.39 is 23.8 Å². The van der Waals surface area contributed by atoms with Gasteiger partial charge in [0, 0.05) is 62.5 Å². The molecule has 6 aliphatic rings. The largest absolute Gasteiger partial charge is 0.490 e. The summed E-state index contributed by atoms with van der Waals surface area (Å²) in [6.45, 7) is 4.21. The van der Waals surface area contributed by atoms with Crippen LogP contribution in [0.5, 0.6) is 5.75 Å². The second-order valence-corrected chi connectivity index (χ2v) is 17.3. The molecular weight excluding hydrogens is 744 g/mol. The lowest BCUT2D eigenvalue weighted by Crippen LogP contribution is -2.54. The smallest absolute Gasteiger partial charge is 0.262 e. The minimum atomic E-state index is -0.959. The quantitative estimate of drug-likeness (QED) is 0.272. The summed E-state index contributed by atoms with van der Waals surface area (Å²) < 4.78 is 6.14. The Morgan fingerprint density at radius 3 is 2.18 bits per heavy atom. The molecule has 3 aromatic rings. The van der Waals surface area contributed by atoms with E-state index in [1.54, 1.807) is 18.2 Å². The van der Waals surface area contributed by atoms with Gasteiger partial charge in [-0.15, -0.1) is 0 Å². The zero-order valence-electron chi connectivity index (χ0n) is 31.7. The average Bonchev–Trinajstić information content (AvgIpc) is 3.70. The number of imide groups is 2. The number of piperidine rings is 2. The Morgan fingerprint density at radius 1 is 0.895 bits per heavy atom. The van der Waals surface area contributed by atoms with Gasteiger partial charge in [-0.2, -0.15) is 5.26 Å². The number of ether oxygens (including phenoxy) is 1. The zero-order valence-corrected chi connectivity index (χ0v) is 32.5. The third kappa shape index (κ3) is 7.28. The van der Waals surface area contributed by atoms with Crippen LogP contribution in [-0.2, 0) is 22.7 Å². The van der Waals surface area contributed by atoms with Crippen molar-refractivity contribution in [2.24, 2.45) is 11.3 Å². The van der Waals surface area contributed by atoms with Gasteiger partial charge in [-0.3, -0.25) is 39.1 Å². The van der Waals surface area contributed by atoms with Gasteiger partial charge in [0.05, 0.1) is 27.8 Å². The molecule has 4 aliphatic heterocycles. The molecule has 2 saturated carbocycles. The molecule has 294 valence electrons. The molecule has 1 atom stereocenters. The third-order valence-corrected chi connectivity index (χ3v) is 13.6. The number of benzene rings is 3. The van der Waals surface area contributed by atoms with Crippen LogP contribution in [0.25, 0.3) is 0 Å². The minimum Gasteiger partial charge on any atom is -0.490 e. The van der Waals surface area contributed by atoms with Crippen LogP contribution in [0.3, 0.4) is 0 Å². The van der Waals surface area contributed by atoms with E-state index >= 15 is 0 Å². The van der Waals surface area contributed by atoms with Crippen LogP contribution in [0.4, 0.5) is 5.69 Å². The zero-order chi connectivity index (χ0) is 39.4. The Hall–Kier alpha value is -5.25. The highest BCUT2D eigenvalue weighted by Crippen LogP contribution is 2.53. The van der Waals surface area contributed by atoms with E-state index in [1.165, 1.54) is 0 Å². The van der Waals surface area contributed by atoms with Gasteiger partial charge in [0.15, 0.2) is 0 Å². The van der Waals surface area contributed by atoms with Crippen LogP contribution < -0.4 is 20.3 Å². The Balaban J connectivity index is 0.707. The number of nitrogens with one attached hydrogen (secondary N) is 2. The molecule has 0 aromatic heterocycles. The van der Waals surface area contributed by atoms with Gasteiger partial charge in [-0.25, -0.2) is 0 Å². The maximum Gasteiger partial charge on any atom is 0.262 e. The monoisotopic (exact) mass is 788 g/mol. The standard InChI is InChI=1S/C44H45ClN6O6/c45-37-19-33(6-3-28(37)22-46)57-34-20-44(21-34)13-9-31(10-14-44)47-40(53)27-1-4-32(5-2-27)50-15-11-26(12-16-50)23-49-24-29-17-35-36(18-30(29)25-49)43(56)51(42(35)55)38-7-8-39(52)48-41(38)54/h1-6,17-19,26,31,34,38H,7-16,20-21,23-25H2,(H,47,53)(H,48,52,54). The number of fused-ring (bicyclic) bond motifs is 2. The molecule has 5 amide bonds. The highest BCUT2D eigenvalue weighted by atomic mass is 35.5. The van der Waals surface area contributed by atoms with Crippen LogP contribution in [0, 0.1) is 22.7 Å². The van der Waals surface area contributed by atoms with Gasteiger partial charge in [0.1, 0.15) is 17.9 Å². The fourth-order valence-electron chi connectivity index (χ4n) is 10.0. The molecule has 4 fully saturated rings. The third-order valence-electron chi connectivity index (χ3n) is 13.2. The summed E-state index contributed by atoms with van der Waals surface area (Å²) in [7, 11) is 0. The van der Waals surface area contributed by atoms with Crippen LogP contribution >= 0.6 is 11.6 Å². The Morgan fingerprint density at radius 2 is 1.56 bits per heavy atom. The first-order valence-electron chi connectivity index (χ1n) is 20.2. The molecule has 1 unspecified atom stereocenters. The molecule has 2 saturated heterocycles. The number of carbonyl (C=O) groups is 5. The minimum absolute atomic E-state index is 0.0223. The second-order valence-electron chi connectivity index (χ2n) is 16.9. The summed E-state index contributed by atoms with van der Waals surface area (Å²) in [5.41, 5.74) is 5.30. The molecule has 57 heavy (non-hydrogen) atoms. The number of halogens is 1. The summed E-state index contributed by atoms with van der Waals surface area (Å²) in [5.74, 6) is -0.710. The van der Waals surface area contributed by atoms with E-state index in [0.29, 0.717) is 52.0 Å². The molecule has 1 spiro atoms. The van der Waals surface area contributed by atoms with Crippen molar-refractivity contribution in [1.82, 2.24) is 20.4 Å². The van der Waals surface area contributed by atoms with E-state index in [0.717, 1.165) is 92.7 Å². The fraction of sp³-hybridized carbons (Fsp3) is 0.455. The van der Waals surface area contributed by atoms with E-state index in [2.05, 4.69) is 38.6 Å². The summed E-state index contributed by atoms with van der Waals surface area (Å²) in [5, 5.41) is 15.0. The van der Waals surface area contributed by atoms with Crippen molar-refractivity contribution in [3.05, 3.63) is 93.0 Å². The van der Waals surface area contributed by atoms with Gasteiger partial charge in [0.2, 0.25) is 11.8 Å². The first kappa shape index (κ1) is 37.3. The number of rotatable bonds is 8. The molecule has 4 heterocycles. The molecule has 2 N–H and O–H groups in total. The highest BCUT2D eigenvalue weighted by molar-refractivity contribution is 6.31. The summed E-state index contributed by atoms with van der Waals surface area (Å²) in [6, 6.07) is 18.1. The van der Waals surface area contributed by atoms with Crippen molar-refractivity contribution in [2.45, 2.75) is 95.5 Å².